The first-order valence-corrected chi connectivity index (χ1v) is 5.74. The number of halogens is 1. The normalized spacial score (nSPS) is 10.2. The van der Waals surface area contributed by atoms with E-state index in [0.29, 0.717) is 29.5 Å². The minimum absolute atomic E-state index is 0.312. The molecule has 0 unspecified atom stereocenters. The summed E-state index contributed by atoms with van der Waals surface area (Å²) in [5, 5.41) is 0.312. The SMILES string of the molecule is COCCCCOC(=O)c1ccc(N)cc1Cl. The average Bonchev–Trinajstić information content (AvgIpc) is 2.28. The van der Waals surface area contributed by atoms with Crippen molar-refractivity contribution in [1.29, 1.82) is 0 Å². The summed E-state index contributed by atoms with van der Waals surface area (Å²) in [5.41, 5.74) is 6.39. The molecular weight excluding hydrogens is 242 g/mol. The van der Waals surface area contributed by atoms with Gasteiger partial charge in [0, 0.05) is 19.4 Å². The molecule has 0 aliphatic carbocycles. The largest absolute Gasteiger partial charge is 0.462 e. The minimum atomic E-state index is -0.424. The highest BCUT2D eigenvalue weighted by Crippen LogP contribution is 2.19. The van der Waals surface area contributed by atoms with Crippen molar-refractivity contribution in [3.63, 3.8) is 0 Å². The molecule has 0 bridgehead atoms. The first kappa shape index (κ1) is 13.8. The lowest BCUT2D eigenvalue weighted by molar-refractivity contribution is 0.0489. The van der Waals surface area contributed by atoms with Crippen LogP contribution in [0.1, 0.15) is 23.2 Å². The molecule has 0 heterocycles. The molecule has 0 aliphatic rings. The second-order valence-electron chi connectivity index (χ2n) is 3.58. The molecular formula is C12H16ClNO3. The molecule has 0 radical (unpaired) electrons. The highest BCUT2D eigenvalue weighted by Gasteiger charge is 2.11. The number of carbonyl (C=O) groups is 1. The molecule has 17 heavy (non-hydrogen) atoms. The number of hydrogen-bond donors (Lipinski definition) is 1. The van der Waals surface area contributed by atoms with Crippen LogP contribution >= 0.6 is 11.6 Å². The fourth-order valence-electron chi connectivity index (χ4n) is 1.29. The van der Waals surface area contributed by atoms with Crippen molar-refractivity contribution in [2.45, 2.75) is 12.8 Å². The number of methoxy groups -OCH3 is 1. The van der Waals surface area contributed by atoms with E-state index < -0.39 is 5.97 Å². The van der Waals surface area contributed by atoms with Crippen LogP contribution in [0.25, 0.3) is 0 Å². The van der Waals surface area contributed by atoms with Crippen LogP contribution in [0.2, 0.25) is 5.02 Å². The van der Waals surface area contributed by atoms with Crippen LogP contribution in [0, 0.1) is 0 Å². The molecule has 0 spiro atoms. The zero-order valence-electron chi connectivity index (χ0n) is 9.74. The molecule has 0 fully saturated rings. The van der Waals surface area contributed by atoms with E-state index in [0.717, 1.165) is 12.8 Å². The molecule has 0 atom stereocenters. The number of rotatable bonds is 6. The smallest absolute Gasteiger partial charge is 0.339 e. The summed E-state index contributed by atoms with van der Waals surface area (Å²) in [6.07, 6.45) is 1.63. The predicted molar refractivity (Wildman–Crippen MR) is 67.3 cm³/mol. The van der Waals surface area contributed by atoms with Gasteiger partial charge in [0.25, 0.3) is 0 Å². The van der Waals surface area contributed by atoms with Crippen LogP contribution in [0.3, 0.4) is 0 Å². The quantitative estimate of drug-likeness (QED) is 0.483. The number of nitrogen functional groups attached to an aromatic ring is 1. The summed E-state index contributed by atoms with van der Waals surface area (Å²) >= 11 is 5.89. The zero-order valence-corrected chi connectivity index (χ0v) is 10.5. The van der Waals surface area contributed by atoms with Crippen molar-refractivity contribution in [1.82, 2.24) is 0 Å². The van der Waals surface area contributed by atoms with Crippen LogP contribution in [0.4, 0.5) is 5.69 Å². The Bertz CT molecular complexity index is 382. The maximum Gasteiger partial charge on any atom is 0.339 e. The summed E-state index contributed by atoms with van der Waals surface area (Å²) in [5.74, 6) is -0.424. The monoisotopic (exact) mass is 257 g/mol. The second kappa shape index (κ2) is 7.14. The fourth-order valence-corrected chi connectivity index (χ4v) is 1.55. The third kappa shape index (κ3) is 4.63. The van der Waals surface area contributed by atoms with Crippen LogP contribution in [0.15, 0.2) is 18.2 Å². The Morgan fingerprint density at radius 3 is 2.71 bits per heavy atom. The topological polar surface area (TPSA) is 61.5 Å². The van der Waals surface area contributed by atoms with Crippen molar-refractivity contribution in [3.8, 4) is 0 Å². The number of hydrogen-bond acceptors (Lipinski definition) is 4. The van der Waals surface area contributed by atoms with Crippen molar-refractivity contribution in [3.05, 3.63) is 28.8 Å². The number of ether oxygens (including phenoxy) is 2. The lowest BCUT2D eigenvalue weighted by Crippen LogP contribution is -2.08. The maximum absolute atomic E-state index is 11.6. The van der Waals surface area contributed by atoms with Crippen LogP contribution in [-0.4, -0.2) is 26.3 Å². The standard InChI is InChI=1S/C12H16ClNO3/c1-16-6-2-3-7-17-12(15)10-5-4-9(14)8-11(10)13/h4-5,8H,2-3,6-7,14H2,1H3. The summed E-state index contributed by atoms with van der Waals surface area (Å²) < 4.78 is 9.97. The van der Waals surface area contributed by atoms with E-state index in [2.05, 4.69) is 0 Å². The molecule has 0 amide bonds. The van der Waals surface area contributed by atoms with Crippen molar-refractivity contribution < 1.29 is 14.3 Å². The van der Waals surface area contributed by atoms with Gasteiger partial charge in [0.05, 0.1) is 17.2 Å². The predicted octanol–water partition coefficient (Wildman–Crippen LogP) is 2.51. The average molecular weight is 258 g/mol. The van der Waals surface area contributed by atoms with Gasteiger partial charge in [0.2, 0.25) is 0 Å². The maximum atomic E-state index is 11.6. The Morgan fingerprint density at radius 2 is 2.06 bits per heavy atom. The Morgan fingerprint density at radius 1 is 1.35 bits per heavy atom. The van der Waals surface area contributed by atoms with Gasteiger partial charge in [-0.3, -0.25) is 0 Å². The molecule has 5 heteroatoms. The van der Waals surface area contributed by atoms with Crippen LogP contribution in [-0.2, 0) is 9.47 Å². The Balaban J connectivity index is 2.42. The lowest BCUT2D eigenvalue weighted by atomic mass is 10.2. The number of anilines is 1. The van der Waals surface area contributed by atoms with E-state index in [9.17, 15) is 4.79 Å². The molecule has 1 aromatic rings. The van der Waals surface area contributed by atoms with Gasteiger partial charge in [-0.05, 0) is 31.0 Å². The van der Waals surface area contributed by atoms with Gasteiger partial charge in [0.15, 0.2) is 0 Å². The van der Waals surface area contributed by atoms with E-state index >= 15 is 0 Å². The van der Waals surface area contributed by atoms with E-state index in [1.165, 1.54) is 6.07 Å². The van der Waals surface area contributed by atoms with Gasteiger partial charge < -0.3 is 15.2 Å². The Kier molecular flexibility index (Phi) is 5.80. The number of unbranched alkanes of at least 4 members (excludes halogenated alkanes) is 1. The second-order valence-corrected chi connectivity index (χ2v) is 3.98. The van der Waals surface area contributed by atoms with Gasteiger partial charge in [-0.1, -0.05) is 11.6 Å². The van der Waals surface area contributed by atoms with Crippen molar-refractivity contribution in [2.75, 3.05) is 26.1 Å². The molecule has 0 saturated carbocycles. The third-order valence-corrected chi connectivity index (χ3v) is 2.50. The molecule has 1 rings (SSSR count). The molecule has 0 aromatic heterocycles. The molecule has 4 nitrogen and oxygen atoms in total. The molecule has 0 aliphatic heterocycles. The zero-order chi connectivity index (χ0) is 12.7. The van der Waals surface area contributed by atoms with Gasteiger partial charge in [-0.25, -0.2) is 4.79 Å². The van der Waals surface area contributed by atoms with Gasteiger partial charge in [-0.2, -0.15) is 0 Å². The van der Waals surface area contributed by atoms with E-state index in [-0.39, 0.29) is 0 Å². The number of carbonyl (C=O) groups excluding carboxylic acids is 1. The highest BCUT2D eigenvalue weighted by atomic mass is 35.5. The summed E-state index contributed by atoms with van der Waals surface area (Å²) in [7, 11) is 1.64. The highest BCUT2D eigenvalue weighted by molar-refractivity contribution is 6.33. The van der Waals surface area contributed by atoms with Gasteiger partial charge in [0.1, 0.15) is 0 Å². The molecule has 94 valence electrons. The molecule has 1 aromatic carbocycles. The van der Waals surface area contributed by atoms with Crippen LogP contribution < -0.4 is 5.73 Å². The van der Waals surface area contributed by atoms with E-state index in [1.807, 2.05) is 0 Å². The first-order chi connectivity index (χ1) is 8.15. The summed E-state index contributed by atoms with van der Waals surface area (Å²) in [4.78, 5) is 11.6. The minimum Gasteiger partial charge on any atom is -0.462 e. The first-order valence-electron chi connectivity index (χ1n) is 5.36. The van der Waals surface area contributed by atoms with Crippen molar-refractivity contribution >= 4 is 23.3 Å². The molecule has 2 N–H and O–H groups in total. The third-order valence-electron chi connectivity index (χ3n) is 2.19. The van der Waals surface area contributed by atoms with Gasteiger partial charge in [-0.15, -0.1) is 0 Å². The Labute approximate surface area is 106 Å². The fraction of sp³-hybridized carbons (Fsp3) is 0.417. The van der Waals surface area contributed by atoms with Crippen LogP contribution in [0.5, 0.6) is 0 Å². The number of nitrogens with two attached hydrogens (primary N) is 1. The number of benzene rings is 1. The molecule has 0 saturated heterocycles. The Hall–Kier alpha value is -1.26. The van der Waals surface area contributed by atoms with Gasteiger partial charge >= 0.3 is 5.97 Å². The van der Waals surface area contributed by atoms with Crippen molar-refractivity contribution in [2.24, 2.45) is 0 Å². The lowest BCUT2D eigenvalue weighted by Gasteiger charge is -2.06. The summed E-state index contributed by atoms with van der Waals surface area (Å²) in [6, 6.07) is 4.71. The van der Waals surface area contributed by atoms with E-state index in [4.69, 9.17) is 26.8 Å². The summed E-state index contributed by atoms with van der Waals surface area (Å²) in [6.45, 7) is 1.03. The number of esters is 1. The van der Waals surface area contributed by atoms with E-state index in [1.54, 1.807) is 19.2 Å².